The summed E-state index contributed by atoms with van der Waals surface area (Å²) in [6, 6.07) is 8.44. The van der Waals surface area contributed by atoms with E-state index in [4.69, 9.17) is 33.2 Å². The van der Waals surface area contributed by atoms with Gasteiger partial charge in [-0.2, -0.15) is 5.26 Å². The monoisotopic (exact) mass is 279 g/mol. The molecule has 0 aliphatic heterocycles. The second-order valence-electron chi connectivity index (χ2n) is 3.40. The molecule has 18 heavy (non-hydrogen) atoms. The molecule has 0 radical (unpaired) electrons. The molecule has 0 fully saturated rings. The molecule has 0 saturated carbocycles. The highest BCUT2D eigenvalue weighted by Gasteiger charge is 2.03. The minimum absolute atomic E-state index is 0.219. The highest BCUT2D eigenvalue weighted by atomic mass is 35.5. The van der Waals surface area contributed by atoms with E-state index >= 15 is 0 Å². The van der Waals surface area contributed by atoms with Crippen molar-refractivity contribution in [3.8, 4) is 11.9 Å². The van der Waals surface area contributed by atoms with Crippen LogP contribution in [0.3, 0.4) is 0 Å². The zero-order valence-electron chi connectivity index (χ0n) is 9.10. The number of nitriles is 1. The number of hydrogen-bond acceptors (Lipinski definition) is 4. The minimum Gasteiger partial charge on any atom is -0.473 e. The van der Waals surface area contributed by atoms with E-state index in [0.29, 0.717) is 16.6 Å². The molecule has 90 valence electrons. The summed E-state index contributed by atoms with van der Waals surface area (Å²) >= 11 is 11.5. The third kappa shape index (κ3) is 3.33. The first-order valence-electron chi connectivity index (χ1n) is 4.98. The van der Waals surface area contributed by atoms with Crippen LogP contribution in [0, 0.1) is 11.3 Å². The van der Waals surface area contributed by atoms with Crippen molar-refractivity contribution in [2.24, 2.45) is 0 Å². The molecule has 2 aromatic rings. The number of ether oxygens (including phenoxy) is 1. The van der Waals surface area contributed by atoms with E-state index in [9.17, 15) is 0 Å². The number of hydrogen-bond donors (Lipinski definition) is 0. The molecule has 4 nitrogen and oxygen atoms in total. The summed E-state index contributed by atoms with van der Waals surface area (Å²) in [5.41, 5.74) is 1.26. The lowest BCUT2D eigenvalue weighted by Gasteiger charge is -2.06. The highest BCUT2D eigenvalue weighted by Crippen LogP contribution is 2.17. The second kappa shape index (κ2) is 5.67. The summed E-state index contributed by atoms with van der Waals surface area (Å²) in [6.07, 6.45) is 1.59. The van der Waals surface area contributed by atoms with Crippen LogP contribution in [0.2, 0.25) is 10.3 Å². The van der Waals surface area contributed by atoms with Crippen molar-refractivity contribution in [2.45, 2.75) is 6.61 Å². The smallest absolute Gasteiger partial charge is 0.216 e. The first-order valence-corrected chi connectivity index (χ1v) is 5.74. The normalized spacial score (nSPS) is 9.83. The molecule has 0 spiro atoms. The van der Waals surface area contributed by atoms with Gasteiger partial charge in [-0.05, 0) is 23.8 Å². The molecule has 0 N–H and O–H groups in total. The first kappa shape index (κ1) is 12.6. The molecule has 2 rings (SSSR count). The topological polar surface area (TPSA) is 58.8 Å². The Morgan fingerprint density at radius 2 is 2.06 bits per heavy atom. The largest absolute Gasteiger partial charge is 0.473 e. The standard InChI is InChI=1S/C12H7Cl2N3O/c13-10-3-8(1-2-16-10)7-18-12-5-9(6-15)4-11(14)17-12/h1-5H,7H2. The molecule has 0 atom stereocenters. The van der Waals surface area contributed by atoms with Gasteiger partial charge in [0.25, 0.3) is 0 Å². The molecule has 0 aromatic carbocycles. The molecular weight excluding hydrogens is 273 g/mol. The van der Waals surface area contributed by atoms with Gasteiger partial charge in [0.05, 0.1) is 11.6 Å². The van der Waals surface area contributed by atoms with Gasteiger partial charge in [-0.25, -0.2) is 9.97 Å². The average molecular weight is 280 g/mol. The van der Waals surface area contributed by atoms with E-state index in [1.807, 2.05) is 6.07 Å². The lowest BCUT2D eigenvalue weighted by molar-refractivity contribution is 0.294. The number of pyridine rings is 2. The van der Waals surface area contributed by atoms with E-state index < -0.39 is 0 Å². The van der Waals surface area contributed by atoms with E-state index in [0.717, 1.165) is 5.56 Å². The summed E-state index contributed by atoms with van der Waals surface area (Å²) in [5.74, 6) is 0.298. The van der Waals surface area contributed by atoms with E-state index in [2.05, 4.69) is 9.97 Å². The molecule has 2 heterocycles. The molecule has 0 unspecified atom stereocenters. The number of halogens is 2. The van der Waals surface area contributed by atoms with Crippen LogP contribution < -0.4 is 4.74 Å². The van der Waals surface area contributed by atoms with Gasteiger partial charge in [-0.15, -0.1) is 0 Å². The Bertz CT molecular complexity index is 611. The fraction of sp³-hybridized carbons (Fsp3) is 0.0833. The van der Waals surface area contributed by atoms with Crippen molar-refractivity contribution in [3.63, 3.8) is 0 Å². The fourth-order valence-corrected chi connectivity index (χ4v) is 1.70. The maximum Gasteiger partial charge on any atom is 0.216 e. The number of aromatic nitrogens is 2. The lowest BCUT2D eigenvalue weighted by atomic mass is 10.3. The Labute approximate surface area is 114 Å². The van der Waals surface area contributed by atoms with E-state index in [-0.39, 0.29) is 11.8 Å². The Morgan fingerprint density at radius 1 is 1.22 bits per heavy atom. The summed E-state index contributed by atoms with van der Waals surface area (Å²) in [6.45, 7) is 0.278. The van der Waals surface area contributed by atoms with Crippen LogP contribution in [-0.4, -0.2) is 9.97 Å². The Hall–Kier alpha value is -1.83. The quantitative estimate of drug-likeness (QED) is 0.810. The van der Waals surface area contributed by atoms with Gasteiger partial charge in [-0.3, -0.25) is 0 Å². The van der Waals surface area contributed by atoms with E-state index in [1.54, 1.807) is 18.3 Å². The fourth-order valence-electron chi connectivity index (χ4n) is 1.30. The van der Waals surface area contributed by atoms with E-state index in [1.165, 1.54) is 12.1 Å². The molecular formula is C12H7Cl2N3O. The average Bonchev–Trinajstić information content (AvgIpc) is 2.36. The first-order chi connectivity index (χ1) is 8.67. The van der Waals surface area contributed by atoms with Crippen molar-refractivity contribution in [3.05, 3.63) is 51.9 Å². The summed E-state index contributed by atoms with van der Waals surface area (Å²) < 4.78 is 5.44. The Morgan fingerprint density at radius 3 is 2.78 bits per heavy atom. The van der Waals surface area contributed by atoms with Gasteiger partial charge in [0.15, 0.2) is 0 Å². The molecule has 2 aromatic heterocycles. The predicted octanol–water partition coefficient (Wildman–Crippen LogP) is 3.23. The maximum atomic E-state index is 8.79. The van der Waals surface area contributed by atoms with Crippen LogP contribution in [0.25, 0.3) is 0 Å². The summed E-state index contributed by atoms with van der Waals surface area (Å²) in [4.78, 5) is 7.83. The van der Waals surface area contributed by atoms with Crippen molar-refractivity contribution in [2.75, 3.05) is 0 Å². The zero-order valence-corrected chi connectivity index (χ0v) is 10.6. The maximum absolute atomic E-state index is 8.79. The van der Waals surface area contributed by atoms with Crippen LogP contribution >= 0.6 is 23.2 Å². The van der Waals surface area contributed by atoms with Crippen LogP contribution in [0.5, 0.6) is 5.88 Å². The lowest BCUT2D eigenvalue weighted by Crippen LogP contribution is -1.98. The van der Waals surface area contributed by atoms with Gasteiger partial charge in [-0.1, -0.05) is 23.2 Å². The third-order valence-corrected chi connectivity index (χ3v) is 2.48. The molecule has 0 amide bonds. The third-order valence-electron chi connectivity index (χ3n) is 2.08. The molecule has 0 bridgehead atoms. The van der Waals surface area contributed by atoms with Gasteiger partial charge in [0, 0.05) is 12.3 Å². The summed E-state index contributed by atoms with van der Waals surface area (Å²) in [7, 11) is 0. The second-order valence-corrected chi connectivity index (χ2v) is 4.18. The predicted molar refractivity (Wildman–Crippen MR) is 67.5 cm³/mol. The highest BCUT2D eigenvalue weighted by molar-refractivity contribution is 6.29. The zero-order chi connectivity index (χ0) is 13.0. The van der Waals surface area contributed by atoms with Crippen LogP contribution in [0.4, 0.5) is 0 Å². The molecule has 0 saturated heterocycles. The van der Waals surface area contributed by atoms with Gasteiger partial charge >= 0.3 is 0 Å². The Kier molecular flexibility index (Phi) is 3.98. The van der Waals surface area contributed by atoms with Gasteiger partial charge in [0.1, 0.15) is 16.9 Å². The summed E-state index contributed by atoms with van der Waals surface area (Å²) in [5, 5.41) is 9.41. The van der Waals surface area contributed by atoms with Crippen molar-refractivity contribution in [1.82, 2.24) is 9.97 Å². The molecule has 0 aliphatic rings. The number of nitrogens with zero attached hydrogens (tertiary/aromatic N) is 3. The number of rotatable bonds is 3. The van der Waals surface area contributed by atoms with Crippen molar-refractivity contribution >= 4 is 23.2 Å². The van der Waals surface area contributed by atoms with Crippen LogP contribution in [0.15, 0.2) is 30.5 Å². The van der Waals surface area contributed by atoms with Crippen LogP contribution in [-0.2, 0) is 6.61 Å². The van der Waals surface area contributed by atoms with Crippen molar-refractivity contribution < 1.29 is 4.74 Å². The molecule has 6 heteroatoms. The Balaban J connectivity index is 2.11. The van der Waals surface area contributed by atoms with Crippen LogP contribution in [0.1, 0.15) is 11.1 Å². The molecule has 0 aliphatic carbocycles. The van der Waals surface area contributed by atoms with Gasteiger partial charge in [0.2, 0.25) is 5.88 Å². The SMILES string of the molecule is N#Cc1cc(Cl)nc(OCc2ccnc(Cl)c2)c1. The minimum atomic E-state index is 0.219. The van der Waals surface area contributed by atoms with Gasteiger partial charge < -0.3 is 4.74 Å². The van der Waals surface area contributed by atoms with Crippen molar-refractivity contribution in [1.29, 1.82) is 5.26 Å².